The topological polar surface area (TPSA) is 96.0 Å². The van der Waals surface area contributed by atoms with E-state index >= 15 is 0 Å². The highest BCUT2D eigenvalue weighted by atomic mass is 19.4. The minimum atomic E-state index is -4.48. The molecule has 0 atom stereocenters. The average molecular weight is 551 g/mol. The second-order valence-electron chi connectivity index (χ2n) is 9.67. The number of carbonyl (C=O) groups is 1. The smallest absolute Gasteiger partial charge is 0.416 e. The second kappa shape index (κ2) is 11.4. The number of alkyl halides is 3. The van der Waals surface area contributed by atoms with E-state index in [4.69, 9.17) is 9.72 Å². The van der Waals surface area contributed by atoms with Crippen molar-refractivity contribution in [2.45, 2.75) is 38.4 Å². The third kappa shape index (κ3) is 6.08. The largest absolute Gasteiger partial charge is 0.497 e. The number of rotatable bonds is 7. The number of piperidine rings is 1. The lowest BCUT2D eigenvalue weighted by molar-refractivity contribution is -0.137. The van der Waals surface area contributed by atoms with Crippen molar-refractivity contribution in [1.29, 1.82) is 0 Å². The molecule has 1 amide bonds. The van der Waals surface area contributed by atoms with Crippen LogP contribution >= 0.6 is 0 Å². The first-order valence-corrected chi connectivity index (χ1v) is 12.9. The Bertz CT molecular complexity index is 1480. The first-order chi connectivity index (χ1) is 19.2. The molecule has 0 bridgehead atoms. The Kier molecular flexibility index (Phi) is 7.72. The number of nitrogens with zero attached hydrogens (tertiary/aromatic N) is 4. The number of benzene rings is 2. The van der Waals surface area contributed by atoms with Gasteiger partial charge in [0.2, 0.25) is 11.9 Å². The lowest BCUT2D eigenvalue weighted by atomic mass is 9.96. The number of hydrogen-bond acceptors (Lipinski definition) is 6. The zero-order chi connectivity index (χ0) is 28.3. The Balaban J connectivity index is 1.47. The summed E-state index contributed by atoms with van der Waals surface area (Å²) in [7, 11) is 1.61. The van der Waals surface area contributed by atoms with E-state index in [1.807, 2.05) is 24.3 Å². The Morgan fingerprint density at radius 3 is 2.52 bits per heavy atom. The van der Waals surface area contributed by atoms with Gasteiger partial charge >= 0.3 is 6.18 Å². The van der Waals surface area contributed by atoms with Gasteiger partial charge < -0.3 is 19.9 Å². The van der Waals surface area contributed by atoms with Crippen LogP contribution in [0.15, 0.2) is 60.8 Å². The van der Waals surface area contributed by atoms with Crippen molar-refractivity contribution in [3.8, 4) is 28.4 Å². The number of carbonyl (C=O) groups excluding carboxylic acids is 1. The summed E-state index contributed by atoms with van der Waals surface area (Å²) < 4.78 is 45.8. The van der Waals surface area contributed by atoms with Crippen LogP contribution in [-0.4, -0.2) is 50.9 Å². The van der Waals surface area contributed by atoms with Crippen LogP contribution in [0.5, 0.6) is 5.75 Å². The molecule has 11 heteroatoms. The molecule has 4 aromatic rings. The molecule has 2 aromatic carbocycles. The van der Waals surface area contributed by atoms with E-state index in [0.29, 0.717) is 66.9 Å². The van der Waals surface area contributed by atoms with Crippen molar-refractivity contribution in [3.63, 3.8) is 0 Å². The number of methoxy groups -OCH3 is 1. The van der Waals surface area contributed by atoms with Crippen molar-refractivity contribution in [2.75, 3.05) is 25.5 Å². The van der Waals surface area contributed by atoms with Gasteiger partial charge in [0, 0.05) is 44.2 Å². The Morgan fingerprint density at radius 2 is 1.85 bits per heavy atom. The molecule has 0 radical (unpaired) electrons. The Hall–Kier alpha value is -4.41. The number of likely N-dealkylation sites (tertiary alicyclic amines) is 1. The Labute approximate surface area is 229 Å². The number of amides is 1. The quantitative estimate of drug-likeness (QED) is 0.298. The molecule has 208 valence electrons. The van der Waals surface area contributed by atoms with Crippen molar-refractivity contribution < 1.29 is 22.7 Å². The molecule has 0 saturated carbocycles. The number of imidazole rings is 1. The number of aromatic amines is 1. The van der Waals surface area contributed by atoms with Gasteiger partial charge in [-0.3, -0.25) is 4.79 Å². The van der Waals surface area contributed by atoms with Crippen LogP contribution in [0.25, 0.3) is 22.6 Å². The predicted molar refractivity (Wildman–Crippen MR) is 145 cm³/mol. The molecule has 1 saturated heterocycles. The maximum absolute atomic E-state index is 13.5. The van der Waals surface area contributed by atoms with E-state index in [2.05, 4.69) is 20.3 Å². The van der Waals surface area contributed by atoms with Crippen LogP contribution in [0.1, 0.15) is 42.6 Å². The molecular formula is C29H29F3N6O2. The zero-order valence-electron chi connectivity index (χ0n) is 22.1. The summed E-state index contributed by atoms with van der Waals surface area (Å²) in [6.45, 7) is 3.22. The summed E-state index contributed by atoms with van der Waals surface area (Å²) in [5, 5.41) is 3.20. The number of ether oxygens (including phenoxy) is 1. The first-order valence-electron chi connectivity index (χ1n) is 12.9. The molecule has 1 aliphatic heterocycles. The lowest BCUT2D eigenvalue weighted by Gasteiger charge is -2.30. The van der Waals surface area contributed by atoms with E-state index in [-0.39, 0.29) is 11.8 Å². The summed E-state index contributed by atoms with van der Waals surface area (Å²) in [6.07, 6.45) is -1.48. The van der Waals surface area contributed by atoms with E-state index in [0.717, 1.165) is 23.4 Å². The fraction of sp³-hybridized carbons (Fsp3) is 0.310. The van der Waals surface area contributed by atoms with Gasteiger partial charge in [-0.1, -0.05) is 24.3 Å². The summed E-state index contributed by atoms with van der Waals surface area (Å²) >= 11 is 0. The van der Waals surface area contributed by atoms with Gasteiger partial charge in [0.25, 0.3) is 0 Å². The molecule has 2 aromatic heterocycles. The number of hydrogen-bond donors (Lipinski definition) is 2. The Morgan fingerprint density at radius 1 is 1.10 bits per heavy atom. The molecule has 0 unspecified atom stereocenters. The molecule has 0 aliphatic carbocycles. The van der Waals surface area contributed by atoms with Crippen LogP contribution in [0.4, 0.5) is 19.1 Å². The third-order valence-electron chi connectivity index (χ3n) is 7.03. The lowest BCUT2D eigenvalue weighted by Crippen LogP contribution is -2.36. The summed E-state index contributed by atoms with van der Waals surface area (Å²) in [4.78, 5) is 30.7. The van der Waals surface area contributed by atoms with E-state index in [1.54, 1.807) is 37.3 Å². The van der Waals surface area contributed by atoms with Crippen molar-refractivity contribution in [1.82, 2.24) is 24.8 Å². The minimum Gasteiger partial charge on any atom is -0.497 e. The summed E-state index contributed by atoms with van der Waals surface area (Å²) in [5.74, 6) is 1.85. The van der Waals surface area contributed by atoms with Crippen LogP contribution in [-0.2, 0) is 17.5 Å². The average Bonchev–Trinajstić information content (AvgIpc) is 3.42. The van der Waals surface area contributed by atoms with Gasteiger partial charge in [0.05, 0.1) is 29.8 Å². The van der Waals surface area contributed by atoms with Gasteiger partial charge in [-0.25, -0.2) is 15.0 Å². The molecule has 1 aliphatic rings. The van der Waals surface area contributed by atoms with Gasteiger partial charge in [-0.15, -0.1) is 0 Å². The summed E-state index contributed by atoms with van der Waals surface area (Å²) in [5.41, 5.74) is 1.98. The van der Waals surface area contributed by atoms with E-state index in [1.165, 1.54) is 6.07 Å². The molecule has 40 heavy (non-hydrogen) atoms. The maximum atomic E-state index is 13.5. The van der Waals surface area contributed by atoms with Crippen molar-refractivity contribution >= 4 is 11.9 Å². The number of anilines is 1. The van der Waals surface area contributed by atoms with Gasteiger partial charge in [0.15, 0.2) is 0 Å². The minimum absolute atomic E-state index is 0.0268. The van der Waals surface area contributed by atoms with Crippen LogP contribution < -0.4 is 10.1 Å². The monoisotopic (exact) mass is 550 g/mol. The fourth-order valence-corrected chi connectivity index (χ4v) is 4.80. The van der Waals surface area contributed by atoms with Crippen LogP contribution in [0.2, 0.25) is 0 Å². The molecule has 2 N–H and O–H groups in total. The highest BCUT2D eigenvalue weighted by Crippen LogP contribution is 2.37. The zero-order valence-corrected chi connectivity index (χ0v) is 22.1. The molecule has 8 nitrogen and oxygen atoms in total. The third-order valence-corrected chi connectivity index (χ3v) is 7.03. The standard InChI is InChI=1S/C29H29F3N6O2/c1-18(39)38-14-11-20(12-15-38)27-36-25(21-4-3-5-22(16-21)29(30,31)32)26(37-27)24-10-13-33-28(35-24)34-17-19-6-8-23(40-2)9-7-19/h3-10,13,16,20H,11-12,14-15,17H2,1-2H3,(H,36,37)(H,33,34,35). The van der Waals surface area contributed by atoms with Gasteiger partial charge in [-0.2, -0.15) is 13.2 Å². The van der Waals surface area contributed by atoms with E-state index in [9.17, 15) is 18.0 Å². The highest BCUT2D eigenvalue weighted by molar-refractivity contribution is 5.77. The van der Waals surface area contributed by atoms with Crippen molar-refractivity contribution in [2.24, 2.45) is 0 Å². The fourth-order valence-electron chi connectivity index (χ4n) is 4.80. The molecular weight excluding hydrogens is 521 g/mol. The first kappa shape index (κ1) is 27.2. The van der Waals surface area contributed by atoms with Gasteiger partial charge in [0.1, 0.15) is 11.6 Å². The predicted octanol–water partition coefficient (Wildman–Crippen LogP) is 5.90. The number of nitrogens with one attached hydrogen (secondary N) is 2. The number of halogens is 3. The molecule has 0 spiro atoms. The molecule has 5 rings (SSSR count). The molecule has 3 heterocycles. The molecule has 1 fully saturated rings. The normalized spacial score (nSPS) is 14.3. The number of H-pyrrole nitrogens is 1. The second-order valence-corrected chi connectivity index (χ2v) is 9.67. The summed E-state index contributed by atoms with van der Waals surface area (Å²) in [6, 6.07) is 14.4. The van der Waals surface area contributed by atoms with Crippen LogP contribution in [0.3, 0.4) is 0 Å². The van der Waals surface area contributed by atoms with Crippen molar-refractivity contribution in [3.05, 3.63) is 77.7 Å². The number of aromatic nitrogens is 4. The SMILES string of the molecule is COc1ccc(CNc2nccc(-c3[nH]c(C4CCN(C(C)=O)CC4)nc3-c3cccc(C(F)(F)F)c3)n2)cc1. The van der Waals surface area contributed by atoms with E-state index < -0.39 is 11.7 Å². The maximum Gasteiger partial charge on any atom is 0.416 e. The van der Waals surface area contributed by atoms with Gasteiger partial charge in [-0.05, 0) is 48.7 Å². The van der Waals surface area contributed by atoms with Crippen LogP contribution in [0, 0.1) is 0 Å². The highest BCUT2D eigenvalue weighted by Gasteiger charge is 2.31.